The van der Waals surface area contributed by atoms with Crippen molar-refractivity contribution in [1.29, 1.82) is 0 Å². The van der Waals surface area contributed by atoms with Gasteiger partial charge in [0.25, 0.3) is 0 Å². The van der Waals surface area contributed by atoms with Crippen LogP contribution >= 0.6 is 24.0 Å². The van der Waals surface area contributed by atoms with E-state index in [1.54, 1.807) is 0 Å². The summed E-state index contributed by atoms with van der Waals surface area (Å²) in [5, 5.41) is 0. The van der Waals surface area contributed by atoms with Crippen molar-refractivity contribution in [3.63, 3.8) is 0 Å². The van der Waals surface area contributed by atoms with Gasteiger partial charge < -0.3 is 0 Å². The molecule has 1 aliphatic rings. The van der Waals surface area contributed by atoms with Crippen LogP contribution in [-0.4, -0.2) is 4.98 Å². The fourth-order valence-electron chi connectivity index (χ4n) is 2.19. The van der Waals surface area contributed by atoms with E-state index in [4.69, 9.17) is 11.6 Å². The fraction of sp³-hybridized carbons (Fsp3) is 0.583. The second kappa shape index (κ2) is 6.34. The van der Waals surface area contributed by atoms with E-state index in [0.29, 0.717) is 5.88 Å². The smallest absolute Gasteiger partial charge is 0.0647 e. The minimum atomic E-state index is 0. The summed E-state index contributed by atoms with van der Waals surface area (Å²) >= 11 is 5.70. The van der Waals surface area contributed by atoms with Crippen molar-refractivity contribution in [1.82, 2.24) is 4.98 Å². The number of rotatable bonds is 2. The molecule has 1 aromatic rings. The first-order chi connectivity index (χ1) is 6.90. The summed E-state index contributed by atoms with van der Waals surface area (Å²) in [4.78, 5) is 4.34. The lowest BCUT2D eigenvalue weighted by molar-refractivity contribution is 0.443. The first kappa shape index (κ1) is 12.8. The Balaban J connectivity index is 0.00000112. The highest BCUT2D eigenvalue weighted by Crippen LogP contribution is 2.32. The van der Waals surface area contributed by atoms with Crippen molar-refractivity contribution < 1.29 is 0 Å². The van der Waals surface area contributed by atoms with E-state index in [1.807, 2.05) is 6.20 Å². The van der Waals surface area contributed by atoms with Gasteiger partial charge in [0.1, 0.15) is 0 Å². The van der Waals surface area contributed by atoms with E-state index in [-0.39, 0.29) is 12.4 Å². The standard InChI is InChI=1S/C12H16ClN.ClH/c13-8-12-7-6-11(9-14-12)10-4-2-1-3-5-10;/h6-7,9-10H,1-5,8H2;1H. The zero-order valence-electron chi connectivity index (χ0n) is 8.79. The van der Waals surface area contributed by atoms with E-state index in [0.717, 1.165) is 11.6 Å². The normalized spacial score (nSPS) is 17.1. The van der Waals surface area contributed by atoms with Gasteiger partial charge in [0.05, 0.1) is 11.6 Å². The van der Waals surface area contributed by atoms with Gasteiger partial charge in [0.2, 0.25) is 0 Å². The van der Waals surface area contributed by atoms with Crippen LogP contribution < -0.4 is 0 Å². The highest BCUT2D eigenvalue weighted by molar-refractivity contribution is 6.16. The van der Waals surface area contributed by atoms with Crippen LogP contribution in [0.2, 0.25) is 0 Å². The predicted octanol–water partition coefficient (Wildman–Crippen LogP) is 4.29. The van der Waals surface area contributed by atoms with Crippen molar-refractivity contribution in [2.45, 2.75) is 43.9 Å². The molecule has 1 aromatic heterocycles. The lowest BCUT2D eigenvalue weighted by atomic mass is 9.85. The Morgan fingerprint density at radius 3 is 2.47 bits per heavy atom. The van der Waals surface area contributed by atoms with Gasteiger partial charge in [-0.3, -0.25) is 4.98 Å². The molecular formula is C12H17Cl2N. The summed E-state index contributed by atoms with van der Waals surface area (Å²) in [6.45, 7) is 0. The molecular weight excluding hydrogens is 229 g/mol. The van der Waals surface area contributed by atoms with E-state index in [1.165, 1.54) is 37.7 Å². The zero-order chi connectivity index (χ0) is 9.80. The third-order valence-electron chi connectivity index (χ3n) is 3.06. The minimum absolute atomic E-state index is 0. The van der Waals surface area contributed by atoms with E-state index in [9.17, 15) is 0 Å². The van der Waals surface area contributed by atoms with E-state index < -0.39 is 0 Å². The molecule has 0 amide bonds. The Hall–Kier alpha value is -0.270. The molecule has 1 heterocycles. The van der Waals surface area contributed by atoms with Crippen LogP contribution in [0.3, 0.4) is 0 Å². The first-order valence-corrected chi connectivity index (χ1v) is 5.94. The van der Waals surface area contributed by atoms with Crippen LogP contribution in [0.1, 0.15) is 49.3 Å². The molecule has 0 radical (unpaired) electrons. The van der Waals surface area contributed by atoms with Gasteiger partial charge in [-0.05, 0) is 30.4 Å². The molecule has 0 atom stereocenters. The summed E-state index contributed by atoms with van der Waals surface area (Å²) in [6, 6.07) is 4.25. The molecule has 3 heteroatoms. The Morgan fingerprint density at radius 2 is 1.93 bits per heavy atom. The van der Waals surface area contributed by atoms with Crippen LogP contribution in [0.4, 0.5) is 0 Å². The van der Waals surface area contributed by atoms with Gasteiger partial charge in [-0.1, -0.05) is 25.3 Å². The molecule has 1 saturated carbocycles. The molecule has 84 valence electrons. The number of hydrogen-bond acceptors (Lipinski definition) is 1. The highest BCUT2D eigenvalue weighted by atomic mass is 35.5. The monoisotopic (exact) mass is 245 g/mol. The molecule has 2 rings (SSSR count). The lowest BCUT2D eigenvalue weighted by Gasteiger charge is -2.21. The minimum Gasteiger partial charge on any atom is -0.260 e. The first-order valence-electron chi connectivity index (χ1n) is 5.41. The molecule has 0 N–H and O–H groups in total. The quantitative estimate of drug-likeness (QED) is 0.709. The van der Waals surface area contributed by atoms with Crippen LogP contribution in [-0.2, 0) is 5.88 Å². The average Bonchev–Trinajstić information content (AvgIpc) is 2.30. The molecule has 0 unspecified atom stereocenters. The van der Waals surface area contributed by atoms with E-state index >= 15 is 0 Å². The summed E-state index contributed by atoms with van der Waals surface area (Å²) < 4.78 is 0. The van der Waals surface area contributed by atoms with Crippen molar-refractivity contribution in [3.8, 4) is 0 Å². The number of halogens is 2. The molecule has 0 bridgehead atoms. The lowest BCUT2D eigenvalue weighted by Crippen LogP contribution is -2.05. The maximum atomic E-state index is 5.70. The Kier molecular flexibility index (Phi) is 5.41. The van der Waals surface area contributed by atoms with E-state index in [2.05, 4.69) is 17.1 Å². The van der Waals surface area contributed by atoms with Crippen LogP contribution in [0.15, 0.2) is 18.3 Å². The SMILES string of the molecule is Cl.ClCc1ccc(C2CCCCC2)cn1. The molecule has 0 saturated heterocycles. The topological polar surface area (TPSA) is 12.9 Å². The second-order valence-electron chi connectivity index (χ2n) is 4.05. The van der Waals surface area contributed by atoms with Crippen molar-refractivity contribution in [2.24, 2.45) is 0 Å². The Morgan fingerprint density at radius 1 is 1.20 bits per heavy atom. The molecule has 0 spiro atoms. The van der Waals surface area contributed by atoms with Gasteiger partial charge in [0.15, 0.2) is 0 Å². The molecule has 0 aliphatic heterocycles. The number of aromatic nitrogens is 1. The molecule has 1 nitrogen and oxygen atoms in total. The van der Waals surface area contributed by atoms with Crippen molar-refractivity contribution in [2.75, 3.05) is 0 Å². The third kappa shape index (κ3) is 3.35. The van der Waals surface area contributed by atoms with Crippen LogP contribution in [0.25, 0.3) is 0 Å². The number of hydrogen-bond donors (Lipinski definition) is 0. The molecule has 1 fully saturated rings. The number of pyridine rings is 1. The number of nitrogens with zero attached hydrogens (tertiary/aromatic N) is 1. The Bertz CT molecular complexity index is 278. The second-order valence-corrected chi connectivity index (χ2v) is 4.32. The van der Waals surface area contributed by atoms with Crippen LogP contribution in [0, 0.1) is 0 Å². The molecule has 15 heavy (non-hydrogen) atoms. The number of alkyl halides is 1. The van der Waals surface area contributed by atoms with Crippen molar-refractivity contribution >= 4 is 24.0 Å². The summed E-state index contributed by atoms with van der Waals surface area (Å²) in [5.74, 6) is 1.27. The van der Waals surface area contributed by atoms with Crippen molar-refractivity contribution in [3.05, 3.63) is 29.6 Å². The average molecular weight is 246 g/mol. The summed E-state index contributed by atoms with van der Waals surface area (Å²) in [7, 11) is 0. The molecule has 1 aliphatic carbocycles. The zero-order valence-corrected chi connectivity index (χ0v) is 10.4. The largest absolute Gasteiger partial charge is 0.260 e. The summed E-state index contributed by atoms with van der Waals surface area (Å²) in [6.07, 6.45) is 8.84. The Labute approximate surface area is 103 Å². The van der Waals surface area contributed by atoms with Gasteiger partial charge in [-0.2, -0.15) is 0 Å². The third-order valence-corrected chi connectivity index (χ3v) is 3.33. The maximum absolute atomic E-state index is 5.70. The highest BCUT2D eigenvalue weighted by Gasteiger charge is 2.15. The molecule has 0 aromatic carbocycles. The predicted molar refractivity (Wildman–Crippen MR) is 66.9 cm³/mol. The fourth-order valence-corrected chi connectivity index (χ4v) is 2.35. The van der Waals surface area contributed by atoms with Gasteiger partial charge in [0, 0.05) is 6.20 Å². The maximum Gasteiger partial charge on any atom is 0.0647 e. The van der Waals surface area contributed by atoms with Crippen LogP contribution in [0.5, 0.6) is 0 Å². The van der Waals surface area contributed by atoms with Gasteiger partial charge in [-0.25, -0.2) is 0 Å². The van der Waals surface area contributed by atoms with Gasteiger partial charge >= 0.3 is 0 Å². The summed E-state index contributed by atoms with van der Waals surface area (Å²) in [5.41, 5.74) is 2.38. The van der Waals surface area contributed by atoms with Gasteiger partial charge in [-0.15, -0.1) is 24.0 Å².